The van der Waals surface area contributed by atoms with E-state index >= 15 is 0 Å². The Labute approximate surface area is 112 Å². The van der Waals surface area contributed by atoms with Gasteiger partial charge in [0.25, 0.3) is 5.91 Å². The first-order valence-corrected chi connectivity index (χ1v) is 6.66. The van der Waals surface area contributed by atoms with Gasteiger partial charge in [0, 0.05) is 30.7 Å². The van der Waals surface area contributed by atoms with Crippen LogP contribution >= 0.6 is 0 Å². The van der Waals surface area contributed by atoms with Gasteiger partial charge in [0.1, 0.15) is 0 Å². The maximum atomic E-state index is 12.7. The van der Waals surface area contributed by atoms with E-state index in [1.807, 2.05) is 35.2 Å². The number of carbonyl (C=O) groups excluding carboxylic acids is 1. The van der Waals surface area contributed by atoms with Crippen molar-refractivity contribution < 1.29 is 4.79 Å². The van der Waals surface area contributed by atoms with E-state index in [4.69, 9.17) is 5.73 Å². The highest BCUT2D eigenvalue weighted by Crippen LogP contribution is 2.23. The Hall–Kier alpha value is -1.94. The minimum atomic E-state index is 0.0530. The number of aromatic nitrogens is 1. The fourth-order valence-corrected chi connectivity index (χ4v) is 2.78. The molecule has 3 rings (SSSR count). The Bertz CT molecular complexity index is 606. The standard InChI is InChI=1S/C15H17N3O/c16-10-12-6-3-9-18(12)15(19)13-7-1-4-11-5-2-8-17-14(11)13/h1-2,4-5,7-8,12H,3,6,9-10,16H2. The summed E-state index contributed by atoms with van der Waals surface area (Å²) < 4.78 is 0. The van der Waals surface area contributed by atoms with Gasteiger partial charge in [-0.3, -0.25) is 9.78 Å². The summed E-state index contributed by atoms with van der Waals surface area (Å²) in [5.74, 6) is 0.0530. The molecular formula is C15H17N3O. The SMILES string of the molecule is NCC1CCCN1C(=O)c1cccc2cccnc12. The van der Waals surface area contributed by atoms with E-state index in [-0.39, 0.29) is 11.9 Å². The third-order valence-electron chi connectivity index (χ3n) is 3.77. The number of fused-ring (bicyclic) bond motifs is 1. The summed E-state index contributed by atoms with van der Waals surface area (Å²) in [6, 6.07) is 9.77. The fourth-order valence-electron chi connectivity index (χ4n) is 2.78. The quantitative estimate of drug-likeness (QED) is 0.890. The lowest BCUT2D eigenvalue weighted by atomic mass is 10.1. The molecule has 2 aromatic rings. The number of pyridine rings is 1. The number of amides is 1. The van der Waals surface area contributed by atoms with E-state index in [2.05, 4.69) is 4.98 Å². The molecule has 0 radical (unpaired) electrons. The molecular weight excluding hydrogens is 238 g/mol. The predicted molar refractivity (Wildman–Crippen MR) is 74.9 cm³/mol. The van der Waals surface area contributed by atoms with E-state index in [1.54, 1.807) is 6.20 Å². The molecule has 0 spiro atoms. The van der Waals surface area contributed by atoms with Gasteiger partial charge in [-0.2, -0.15) is 0 Å². The van der Waals surface area contributed by atoms with Crippen LogP contribution in [0.2, 0.25) is 0 Å². The van der Waals surface area contributed by atoms with Crippen LogP contribution in [0.4, 0.5) is 0 Å². The molecule has 1 aliphatic heterocycles. The normalized spacial score (nSPS) is 19.0. The second-order valence-electron chi connectivity index (χ2n) is 4.91. The second-order valence-corrected chi connectivity index (χ2v) is 4.91. The molecule has 1 amide bonds. The average molecular weight is 255 g/mol. The maximum absolute atomic E-state index is 12.7. The van der Waals surface area contributed by atoms with E-state index in [1.165, 1.54) is 0 Å². The van der Waals surface area contributed by atoms with Crippen LogP contribution in [0.25, 0.3) is 10.9 Å². The van der Waals surface area contributed by atoms with Gasteiger partial charge < -0.3 is 10.6 Å². The number of nitrogens with zero attached hydrogens (tertiary/aromatic N) is 2. The Balaban J connectivity index is 2.02. The van der Waals surface area contributed by atoms with Gasteiger partial charge in [0.2, 0.25) is 0 Å². The van der Waals surface area contributed by atoms with Crippen LogP contribution in [-0.2, 0) is 0 Å². The van der Waals surface area contributed by atoms with Crippen LogP contribution in [-0.4, -0.2) is 34.9 Å². The second kappa shape index (κ2) is 4.97. The zero-order valence-corrected chi connectivity index (χ0v) is 10.7. The molecule has 4 heteroatoms. The molecule has 2 N–H and O–H groups in total. The summed E-state index contributed by atoms with van der Waals surface area (Å²) in [5, 5.41) is 0.997. The molecule has 4 nitrogen and oxygen atoms in total. The molecule has 19 heavy (non-hydrogen) atoms. The summed E-state index contributed by atoms with van der Waals surface area (Å²) >= 11 is 0. The van der Waals surface area contributed by atoms with Crippen LogP contribution in [0.3, 0.4) is 0 Å². The Kier molecular flexibility index (Phi) is 3.17. The van der Waals surface area contributed by atoms with E-state index in [0.29, 0.717) is 12.1 Å². The van der Waals surface area contributed by atoms with E-state index in [0.717, 1.165) is 30.3 Å². The maximum Gasteiger partial charge on any atom is 0.256 e. The van der Waals surface area contributed by atoms with Crippen LogP contribution in [0.1, 0.15) is 23.2 Å². The molecule has 1 saturated heterocycles. The number of hydrogen-bond donors (Lipinski definition) is 1. The number of benzene rings is 1. The van der Waals surface area contributed by atoms with Gasteiger partial charge in [0.15, 0.2) is 0 Å². The highest BCUT2D eigenvalue weighted by molar-refractivity contribution is 6.05. The number of likely N-dealkylation sites (tertiary alicyclic amines) is 1. The lowest BCUT2D eigenvalue weighted by molar-refractivity contribution is 0.0743. The Morgan fingerprint density at radius 2 is 2.21 bits per heavy atom. The van der Waals surface area contributed by atoms with Crippen molar-refractivity contribution in [2.75, 3.05) is 13.1 Å². The summed E-state index contributed by atoms with van der Waals surface area (Å²) in [5.41, 5.74) is 7.20. The Morgan fingerprint density at radius 3 is 3.05 bits per heavy atom. The lowest BCUT2D eigenvalue weighted by Gasteiger charge is -2.23. The first kappa shape index (κ1) is 12.1. The van der Waals surface area contributed by atoms with Gasteiger partial charge in [-0.25, -0.2) is 0 Å². The molecule has 1 aromatic carbocycles. The van der Waals surface area contributed by atoms with Crippen molar-refractivity contribution in [1.29, 1.82) is 0 Å². The number of carbonyl (C=O) groups is 1. The summed E-state index contributed by atoms with van der Waals surface area (Å²) in [4.78, 5) is 18.9. The molecule has 1 aromatic heterocycles. The predicted octanol–water partition coefficient (Wildman–Crippen LogP) is 1.80. The molecule has 98 valence electrons. The summed E-state index contributed by atoms with van der Waals surface area (Å²) in [6.07, 6.45) is 3.76. The average Bonchev–Trinajstić information content (AvgIpc) is 2.94. The third-order valence-corrected chi connectivity index (χ3v) is 3.77. The van der Waals surface area contributed by atoms with Gasteiger partial charge >= 0.3 is 0 Å². The van der Waals surface area contributed by atoms with E-state index in [9.17, 15) is 4.79 Å². The minimum Gasteiger partial charge on any atom is -0.334 e. The summed E-state index contributed by atoms with van der Waals surface area (Å²) in [7, 11) is 0. The molecule has 1 atom stereocenters. The highest BCUT2D eigenvalue weighted by Gasteiger charge is 2.29. The first-order chi connectivity index (χ1) is 9.31. The van der Waals surface area contributed by atoms with Crippen molar-refractivity contribution in [2.24, 2.45) is 5.73 Å². The molecule has 1 unspecified atom stereocenters. The van der Waals surface area contributed by atoms with Gasteiger partial charge in [-0.1, -0.05) is 18.2 Å². The smallest absolute Gasteiger partial charge is 0.256 e. The van der Waals surface area contributed by atoms with Crippen molar-refractivity contribution >= 4 is 16.8 Å². The zero-order chi connectivity index (χ0) is 13.2. The van der Waals surface area contributed by atoms with Crippen LogP contribution < -0.4 is 5.73 Å². The molecule has 0 aliphatic carbocycles. The van der Waals surface area contributed by atoms with E-state index < -0.39 is 0 Å². The van der Waals surface area contributed by atoms with Crippen LogP contribution in [0, 0.1) is 0 Å². The highest BCUT2D eigenvalue weighted by atomic mass is 16.2. The van der Waals surface area contributed by atoms with Crippen molar-refractivity contribution in [2.45, 2.75) is 18.9 Å². The number of nitrogens with two attached hydrogens (primary N) is 1. The minimum absolute atomic E-state index is 0.0530. The topological polar surface area (TPSA) is 59.2 Å². The van der Waals surface area contributed by atoms with Crippen molar-refractivity contribution in [3.8, 4) is 0 Å². The van der Waals surface area contributed by atoms with Gasteiger partial charge in [-0.05, 0) is 25.0 Å². The largest absolute Gasteiger partial charge is 0.334 e. The third kappa shape index (κ3) is 2.08. The van der Waals surface area contributed by atoms with Crippen molar-refractivity contribution in [3.05, 3.63) is 42.1 Å². The molecule has 1 fully saturated rings. The van der Waals surface area contributed by atoms with Crippen molar-refractivity contribution in [1.82, 2.24) is 9.88 Å². The molecule has 0 saturated carbocycles. The number of para-hydroxylation sites is 1. The van der Waals surface area contributed by atoms with Crippen LogP contribution in [0.15, 0.2) is 36.5 Å². The molecule has 1 aliphatic rings. The van der Waals surface area contributed by atoms with Crippen molar-refractivity contribution in [3.63, 3.8) is 0 Å². The lowest BCUT2D eigenvalue weighted by Crippen LogP contribution is -2.40. The monoisotopic (exact) mass is 255 g/mol. The molecule has 0 bridgehead atoms. The molecule has 2 heterocycles. The first-order valence-electron chi connectivity index (χ1n) is 6.66. The number of hydrogen-bond acceptors (Lipinski definition) is 3. The summed E-state index contributed by atoms with van der Waals surface area (Å²) in [6.45, 7) is 1.33. The Morgan fingerprint density at radius 1 is 1.37 bits per heavy atom. The fraction of sp³-hybridized carbons (Fsp3) is 0.333. The van der Waals surface area contributed by atoms with Crippen LogP contribution in [0.5, 0.6) is 0 Å². The zero-order valence-electron chi connectivity index (χ0n) is 10.7. The van der Waals surface area contributed by atoms with Gasteiger partial charge in [-0.15, -0.1) is 0 Å². The number of rotatable bonds is 2. The van der Waals surface area contributed by atoms with Gasteiger partial charge in [0.05, 0.1) is 11.1 Å².